The van der Waals surface area contributed by atoms with E-state index in [9.17, 15) is 0 Å². The van der Waals surface area contributed by atoms with Crippen LogP contribution in [0.25, 0.3) is 10.9 Å². The van der Waals surface area contributed by atoms with E-state index in [1.807, 2.05) is 12.1 Å². The van der Waals surface area contributed by atoms with Crippen LogP contribution in [0, 0.1) is 0 Å². The van der Waals surface area contributed by atoms with Gasteiger partial charge in [0.2, 0.25) is 0 Å². The highest BCUT2D eigenvalue weighted by Gasteiger charge is 2.23. The van der Waals surface area contributed by atoms with E-state index in [4.69, 9.17) is 11.6 Å². The molecule has 2 nitrogen and oxygen atoms in total. The summed E-state index contributed by atoms with van der Waals surface area (Å²) in [7, 11) is 2.12. The third-order valence-electron chi connectivity index (χ3n) is 3.54. The van der Waals surface area contributed by atoms with Crippen LogP contribution >= 0.6 is 11.6 Å². The molecule has 1 aromatic heterocycles. The Morgan fingerprint density at radius 2 is 2.25 bits per heavy atom. The van der Waals surface area contributed by atoms with Crippen molar-refractivity contribution in [3.8, 4) is 0 Å². The van der Waals surface area contributed by atoms with Crippen LogP contribution in [0.15, 0.2) is 18.2 Å². The number of aromatic nitrogens is 1. The van der Waals surface area contributed by atoms with Gasteiger partial charge in [-0.1, -0.05) is 30.7 Å². The number of fused-ring (bicyclic) bond motifs is 3. The smallest absolute Gasteiger partial charge is 0.0672 e. The Morgan fingerprint density at radius 1 is 1.44 bits per heavy atom. The summed E-state index contributed by atoms with van der Waals surface area (Å²) in [5, 5.41) is 5.60. The highest BCUT2D eigenvalue weighted by molar-refractivity contribution is 6.35. The van der Waals surface area contributed by atoms with Crippen molar-refractivity contribution in [3.63, 3.8) is 0 Å². The van der Waals surface area contributed by atoms with Gasteiger partial charge in [-0.05, 0) is 11.6 Å². The molecule has 1 unspecified atom stereocenters. The molecule has 2 aromatic rings. The third-order valence-corrected chi connectivity index (χ3v) is 3.84. The SMILES string of the molecule is CC1CNCc2c1n(C)c1c(Cl)cccc21. The van der Waals surface area contributed by atoms with Gasteiger partial charge in [-0.15, -0.1) is 0 Å². The van der Waals surface area contributed by atoms with Crippen LogP contribution in [0.1, 0.15) is 24.1 Å². The molecule has 1 aliphatic heterocycles. The summed E-state index contributed by atoms with van der Waals surface area (Å²) in [6.07, 6.45) is 0. The topological polar surface area (TPSA) is 17.0 Å². The lowest BCUT2D eigenvalue weighted by Crippen LogP contribution is -2.27. The Labute approximate surface area is 100 Å². The molecule has 0 saturated carbocycles. The first kappa shape index (κ1) is 10.2. The molecule has 0 amide bonds. The minimum atomic E-state index is 0.553. The fourth-order valence-corrected chi connectivity index (χ4v) is 3.19. The molecular formula is C13H15ClN2. The number of nitrogens with one attached hydrogen (secondary N) is 1. The maximum Gasteiger partial charge on any atom is 0.0672 e. The maximum absolute atomic E-state index is 6.29. The van der Waals surface area contributed by atoms with Crippen molar-refractivity contribution in [1.29, 1.82) is 0 Å². The number of para-hydroxylation sites is 1. The number of hydrogen-bond donors (Lipinski definition) is 1. The van der Waals surface area contributed by atoms with E-state index >= 15 is 0 Å². The van der Waals surface area contributed by atoms with Gasteiger partial charge in [0, 0.05) is 37.1 Å². The minimum absolute atomic E-state index is 0.553. The second-order valence-electron chi connectivity index (χ2n) is 4.59. The molecule has 0 saturated heterocycles. The molecule has 0 bridgehead atoms. The van der Waals surface area contributed by atoms with Crippen LogP contribution in [0.4, 0.5) is 0 Å². The standard InChI is InChI=1S/C13H15ClN2/c1-8-6-15-7-10-9-4-3-5-11(14)13(9)16(2)12(8)10/h3-5,8,15H,6-7H2,1-2H3. The van der Waals surface area contributed by atoms with Crippen LogP contribution in [-0.4, -0.2) is 11.1 Å². The quantitative estimate of drug-likeness (QED) is 0.742. The van der Waals surface area contributed by atoms with E-state index in [1.165, 1.54) is 22.2 Å². The summed E-state index contributed by atoms with van der Waals surface area (Å²) in [4.78, 5) is 0. The number of halogens is 1. The molecular weight excluding hydrogens is 220 g/mol. The molecule has 0 spiro atoms. The highest BCUT2D eigenvalue weighted by Crippen LogP contribution is 2.35. The van der Waals surface area contributed by atoms with E-state index in [0.29, 0.717) is 5.92 Å². The molecule has 16 heavy (non-hydrogen) atoms. The molecule has 3 rings (SSSR count). The Hall–Kier alpha value is -0.990. The number of nitrogens with zero attached hydrogens (tertiary/aromatic N) is 1. The lowest BCUT2D eigenvalue weighted by atomic mass is 9.98. The van der Waals surface area contributed by atoms with Crippen molar-refractivity contribution >= 4 is 22.5 Å². The average Bonchev–Trinajstić information content (AvgIpc) is 2.56. The molecule has 0 aliphatic carbocycles. The van der Waals surface area contributed by atoms with Crippen molar-refractivity contribution in [2.75, 3.05) is 6.54 Å². The summed E-state index contributed by atoms with van der Waals surface area (Å²) in [6, 6.07) is 6.16. The largest absolute Gasteiger partial charge is 0.346 e. The second-order valence-corrected chi connectivity index (χ2v) is 5.00. The number of rotatable bonds is 0. The fraction of sp³-hybridized carbons (Fsp3) is 0.385. The van der Waals surface area contributed by atoms with E-state index in [1.54, 1.807) is 0 Å². The van der Waals surface area contributed by atoms with Gasteiger partial charge in [0.25, 0.3) is 0 Å². The van der Waals surface area contributed by atoms with E-state index in [0.717, 1.165) is 18.1 Å². The van der Waals surface area contributed by atoms with E-state index < -0.39 is 0 Å². The van der Waals surface area contributed by atoms with Crippen molar-refractivity contribution in [2.45, 2.75) is 19.4 Å². The summed E-state index contributed by atoms with van der Waals surface area (Å²) in [5.74, 6) is 0.553. The first-order valence-electron chi connectivity index (χ1n) is 5.66. The zero-order chi connectivity index (χ0) is 11.3. The zero-order valence-corrected chi connectivity index (χ0v) is 10.3. The second kappa shape index (κ2) is 3.51. The summed E-state index contributed by atoms with van der Waals surface area (Å²) >= 11 is 6.29. The predicted octanol–water partition coefficient (Wildman–Crippen LogP) is 3.04. The molecule has 2 heterocycles. The van der Waals surface area contributed by atoms with Crippen LogP contribution in [0.5, 0.6) is 0 Å². The van der Waals surface area contributed by atoms with Gasteiger partial charge in [0.1, 0.15) is 0 Å². The molecule has 84 valence electrons. The lowest BCUT2D eigenvalue weighted by Gasteiger charge is -2.22. The number of aryl methyl sites for hydroxylation is 1. The predicted molar refractivity (Wildman–Crippen MR) is 68.1 cm³/mol. The molecule has 0 fully saturated rings. The highest BCUT2D eigenvalue weighted by atomic mass is 35.5. The number of hydrogen-bond acceptors (Lipinski definition) is 1. The van der Waals surface area contributed by atoms with Crippen molar-refractivity contribution < 1.29 is 0 Å². The van der Waals surface area contributed by atoms with Gasteiger partial charge in [-0.2, -0.15) is 0 Å². The monoisotopic (exact) mass is 234 g/mol. The van der Waals surface area contributed by atoms with Crippen molar-refractivity contribution in [2.24, 2.45) is 7.05 Å². The van der Waals surface area contributed by atoms with Gasteiger partial charge >= 0.3 is 0 Å². The maximum atomic E-state index is 6.29. The Morgan fingerprint density at radius 3 is 3.06 bits per heavy atom. The summed E-state index contributed by atoms with van der Waals surface area (Å²) in [5.41, 5.74) is 4.02. The van der Waals surface area contributed by atoms with Gasteiger partial charge < -0.3 is 9.88 Å². The third kappa shape index (κ3) is 1.23. The molecule has 1 atom stereocenters. The molecule has 1 N–H and O–H groups in total. The van der Waals surface area contributed by atoms with Crippen LogP contribution in [0.3, 0.4) is 0 Å². The van der Waals surface area contributed by atoms with Crippen molar-refractivity contribution in [3.05, 3.63) is 34.5 Å². The Balaban J connectivity index is 2.43. The Bertz CT molecular complexity index is 557. The molecule has 3 heteroatoms. The van der Waals surface area contributed by atoms with Gasteiger partial charge in [-0.25, -0.2) is 0 Å². The van der Waals surface area contributed by atoms with Gasteiger partial charge in [0.05, 0.1) is 10.5 Å². The minimum Gasteiger partial charge on any atom is -0.346 e. The van der Waals surface area contributed by atoms with Gasteiger partial charge in [0.15, 0.2) is 0 Å². The van der Waals surface area contributed by atoms with Crippen LogP contribution in [0.2, 0.25) is 5.02 Å². The Kier molecular flexibility index (Phi) is 2.23. The van der Waals surface area contributed by atoms with Crippen LogP contribution < -0.4 is 5.32 Å². The number of benzene rings is 1. The van der Waals surface area contributed by atoms with Crippen molar-refractivity contribution in [1.82, 2.24) is 9.88 Å². The normalized spacial score (nSPS) is 20.1. The molecule has 0 radical (unpaired) electrons. The summed E-state index contributed by atoms with van der Waals surface area (Å²) in [6.45, 7) is 4.27. The summed E-state index contributed by atoms with van der Waals surface area (Å²) < 4.78 is 2.26. The van der Waals surface area contributed by atoms with E-state index in [-0.39, 0.29) is 0 Å². The first-order valence-corrected chi connectivity index (χ1v) is 6.04. The molecule has 1 aliphatic rings. The zero-order valence-electron chi connectivity index (χ0n) is 9.55. The van der Waals surface area contributed by atoms with Crippen LogP contribution in [-0.2, 0) is 13.6 Å². The molecule has 1 aromatic carbocycles. The average molecular weight is 235 g/mol. The van der Waals surface area contributed by atoms with E-state index in [2.05, 4.69) is 29.9 Å². The van der Waals surface area contributed by atoms with Gasteiger partial charge in [-0.3, -0.25) is 0 Å². The first-order chi connectivity index (χ1) is 7.70. The lowest BCUT2D eigenvalue weighted by molar-refractivity contribution is 0.548. The fourth-order valence-electron chi connectivity index (χ4n) is 2.88.